The van der Waals surface area contributed by atoms with Crippen molar-refractivity contribution in [3.05, 3.63) is 35.6 Å². The molecule has 1 aromatic carbocycles. The van der Waals surface area contributed by atoms with Crippen LogP contribution in [0.2, 0.25) is 0 Å². The zero-order valence-corrected chi connectivity index (χ0v) is 13.8. The second-order valence-electron chi connectivity index (χ2n) is 6.42. The fourth-order valence-corrected chi connectivity index (χ4v) is 3.41. The average Bonchev–Trinajstić information content (AvgIpc) is 2.59. The number of methoxy groups -OCH3 is 1. The molecule has 23 heavy (non-hydrogen) atoms. The van der Waals surface area contributed by atoms with E-state index >= 15 is 0 Å². The summed E-state index contributed by atoms with van der Waals surface area (Å²) >= 11 is 0. The second-order valence-corrected chi connectivity index (χ2v) is 6.42. The Balaban J connectivity index is 2.04. The van der Waals surface area contributed by atoms with Crippen LogP contribution in [0.1, 0.15) is 44.1 Å². The highest BCUT2D eigenvalue weighted by atomic mass is 19.1. The molecule has 128 valence electrons. The molecular formula is C18H27FN2O2. The molecular weight excluding hydrogens is 295 g/mol. The van der Waals surface area contributed by atoms with Gasteiger partial charge < -0.3 is 15.8 Å². The Morgan fingerprint density at radius 2 is 1.96 bits per heavy atom. The topological polar surface area (TPSA) is 64.3 Å². The van der Waals surface area contributed by atoms with Crippen LogP contribution in [0.3, 0.4) is 0 Å². The van der Waals surface area contributed by atoms with Crippen LogP contribution in [0.25, 0.3) is 0 Å². The van der Waals surface area contributed by atoms with Gasteiger partial charge in [0.2, 0.25) is 5.91 Å². The molecule has 2 rings (SSSR count). The fraction of sp³-hybridized carbons (Fsp3) is 0.611. The number of rotatable bonds is 7. The Hall–Kier alpha value is -1.46. The van der Waals surface area contributed by atoms with E-state index in [0.29, 0.717) is 13.1 Å². The van der Waals surface area contributed by atoms with Gasteiger partial charge in [-0.25, -0.2) is 4.39 Å². The fourth-order valence-electron chi connectivity index (χ4n) is 3.41. The number of benzene rings is 1. The van der Waals surface area contributed by atoms with Crippen molar-refractivity contribution < 1.29 is 13.9 Å². The predicted molar refractivity (Wildman–Crippen MR) is 88.6 cm³/mol. The molecule has 0 spiro atoms. The zero-order chi connectivity index (χ0) is 16.7. The minimum absolute atomic E-state index is 0.0469. The van der Waals surface area contributed by atoms with Crippen molar-refractivity contribution in [1.82, 2.24) is 5.32 Å². The summed E-state index contributed by atoms with van der Waals surface area (Å²) in [6.07, 6.45) is 5.55. The Labute approximate surface area is 137 Å². The molecule has 5 heteroatoms. The van der Waals surface area contributed by atoms with Crippen molar-refractivity contribution in [2.45, 2.75) is 50.0 Å². The smallest absolute Gasteiger partial charge is 0.222 e. The van der Waals surface area contributed by atoms with E-state index in [0.717, 1.165) is 31.2 Å². The number of carbonyl (C=O) groups is 1. The number of carbonyl (C=O) groups excluding carboxylic acids is 1. The standard InChI is InChI=1S/C18H27FN2O2/c1-23-16(12-20)11-17(22)21-13-18(9-3-2-4-10-18)14-5-7-15(19)8-6-14/h5-8,16H,2-4,9-13,20H2,1H3,(H,21,22). The number of hydrogen-bond acceptors (Lipinski definition) is 3. The minimum atomic E-state index is -0.247. The molecule has 1 fully saturated rings. The van der Waals surface area contributed by atoms with Gasteiger partial charge in [-0.15, -0.1) is 0 Å². The average molecular weight is 322 g/mol. The van der Waals surface area contributed by atoms with E-state index in [1.165, 1.54) is 18.6 Å². The highest BCUT2D eigenvalue weighted by Crippen LogP contribution is 2.39. The third kappa shape index (κ3) is 4.75. The summed E-state index contributed by atoms with van der Waals surface area (Å²) in [7, 11) is 1.56. The van der Waals surface area contributed by atoms with Gasteiger partial charge in [0.1, 0.15) is 5.82 Å². The zero-order valence-electron chi connectivity index (χ0n) is 13.8. The summed E-state index contributed by atoms with van der Waals surface area (Å²) in [5, 5.41) is 3.04. The first kappa shape index (κ1) is 17.9. The summed E-state index contributed by atoms with van der Waals surface area (Å²) in [6.45, 7) is 0.908. The van der Waals surface area contributed by atoms with Crippen LogP contribution in [0.15, 0.2) is 24.3 Å². The molecule has 1 saturated carbocycles. The van der Waals surface area contributed by atoms with Crippen molar-refractivity contribution in [3.63, 3.8) is 0 Å². The molecule has 0 saturated heterocycles. The largest absolute Gasteiger partial charge is 0.380 e. The third-order valence-electron chi connectivity index (χ3n) is 4.90. The van der Waals surface area contributed by atoms with Gasteiger partial charge in [0, 0.05) is 25.6 Å². The normalized spacial score (nSPS) is 18.4. The Bertz CT molecular complexity index is 494. The maximum absolute atomic E-state index is 13.2. The first-order valence-corrected chi connectivity index (χ1v) is 8.35. The number of hydrogen-bond donors (Lipinski definition) is 2. The lowest BCUT2D eigenvalue weighted by Gasteiger charge is -2.38. The lowest BCUT2D eigenvalue weighted by Crippen LogP contribution is -2.43. The highest BCUT2D eigenvalue weighted by molar-refractivity contribution is 5.76. The molecule has 0 heterocycles. The quantitative estimate of drug-likeness (QED) is 0.811. The number of halogens is 1. The first-order chi connectivity index (χ1) is 11.1. The van der Waals surface area contributed by atoms with Crippen molar-refractivity contribution in [3.8, 4) is 0 Å². The van der Waals surface area contributed by atoms with E-state index in [1.807, 2.05) is 12.1 Å². The van der Waals surface area contributed by atoms with Crippen LogP contribution in [0.4, 0.5) is 4.39 Å². The molecule has 0 radical (unpaired) electrons. The molecule has 1 unspecified atom stereocenters. The van der Waals surface area contributed by atoms with Crippen LogP contribution in [-0.2, 0) is 14.9 Å². The van der Waals surface area contributed by atoms with Gasteiger partial charge in [-0.3, -0.25) is 4.79 Å². The van der Waals surface area contributed by atoms with Crippen LogP contribution < -0.4 is 11.1 Å². The van der Waals surface area contributed by atoms with Crippen LogP contribution in [0.5, 0.6) is 0 Å². The van der Waals surface area contributed by atoms with E-state index in [9.17, 15) is 9.18 Å². The Kier molecular flexibility index (Phi) is 6.54. The van der Waals surface area contributed by atoms with E-state index in [4.69, 9.17) is 10.5 Å². The molecule has 0 aromatic heterocycles. The summed E-state index contributed by atoms with van der Waals surface area (Å²) in [5.74, 6) is -0.274. The lowest BCUT2D eigenvalue weighted by atomic mass is 9.69. The summed E-state index contributed by atoms with van der Waals surface area (Å²) in [6, 6.07) is 6.71. The molecule has 1 aliphatic carbocycles. The lowest BCUT2D eigenvalue weighted by molar-refractivity contribution is -0.123. The van der Waals surface area contributed by atoms with Gasteiger partial charge in [0.25, 0.3) is 0 Å². The maximum atomic E-state index is 13.2. The highest BCUT2D eigenvalue weighted by Gasteiger charge is 2.34. The molecule has 4 nitrogen and oxygen atoms in total. The van der Waals surface area contributed by atoms with Crippen molar-refractivity contribution in [1.29, 1.82) is 0 Å². The molecule has 0 aliphatic heterocycles. The maximum Gasteiger partial charge on any atom is 0.222 e. The Morgan fingerprint density at radius 1 is 1.30 bits per heavy atom. The van der Waals surface area contributed by atoms with Gasteiger partial charge in [0.15, 0.2) is 0 Å². The molecule has 1 amide bonds. The molecule has 1 atom stereocenters. The van der Waals surface area contributed by atoms with E-state index in [1.54, 1.807) is 7.11 Å². The minimum Gasteiger partial charge on any atom is -0.380 e. The molecule has 1 aliphatic rings. The molecule has 0 bridgehead atoms. The van der Waals surface area contributed by atoms with Crippen molar-refractivity contribution >= 4 is 5.91 Å². The summed E-state index contributed by atoms with van der Waals surface area (Å²) in [4.78, 5) is 12.1. The van der Waals surface area contributed by atoms with Crippen molar-refractivity contribution in [2.24, 2.45) is 5.73 Å². The first-order valence-electron chi connectivity index (χ1n) is 8.35. The molecule has 1 aromatic rings. The van der Waals surface area contributed by atoms with Crippen LogP contribution in [0, 0.1) is 5.82 Å². The van der Waals surface area contributed by atoms with E-state index < -0.39 is 0 Å². The van der Waals surface area contributed by atoms with Crippen molar-refractivity contribution in [2.75, 3.05) is 20.2 Å². The van der Waals surface area contributed by atoms with Gasteiger partial charge in [0.05, 0.1) is 12.5 Å². The molecule has 3 N–H and O–H groups in total. The number of nitrogens with two attached hydrogens (primary N) is 1. The van der Waals surface area contributed by atoms with Gasteiger partial charge >= 0.3 is 0 Å². The van der Waals surface area contributed by atoms with E-state index in [-0.39, 0.29) is 29.7 Å². The third-order valence-corrected chi connectivity index (χ3v) is 4.90. The van der Waals surface area contributed by atoms with E-state index in [2.05, 4.69) is 5.32 Å². The van der Waals surface area contributed by atoms with Gasteiger partial charge in [-0.2, -0.15) is 0 Å². The second kappa shape index (κ2) is 8.41. The number of amides is 1. The number of nitrogens with one attached hydrogen (secondary N) is 1. The summed E-state index contributed by atoms with van der Waals surface area (Å²) < 4.78 is 18.4. The monoisotopic (exact) mass is 322 g/mol. The van der Waals surface area contributed by atoms with Crippen LogP contribution in [-0.4, -0.2) is 32.2 Å². The number of ether oxygens (including phenoxy) is 1. The predicted octanol–water partition coefficient (Wildman–Crippen LogP) is 2.51. The Morgan fingerprint density at radius 3 is 2.52 bits per heavy atom. The van der Waals surface area contributed by atoms with Crippen LogP contribution >= 0.6 is 0 Å². The SMILES string of the molecule is COC(CN)CC(=O)NCC1(c2ccc(F)cc2)CCCCC1. The summed E-state index contributed by atoms with van der Waals surface area (Å²) in [5.41, 5.74) is 6.58. The van der Waals surface area contributed by atoms with Gasteiger partial charge in [-0.05, 0) is 30.5 Å². The van der Waals surface area contributed by atoms with Gasteiger partial charge in [-0.1, -0.05) is 31.4 Å².